The van der Waals surface area contributed by atoms with Crippen LogP contribution in [-0.2, 0) is 4.74 Å². The molecule has 0 unspecified atom stereocenters. The maximum Gasteiger partial charge on any atom is 0.410 e. The fourth-order valence-electron chi connectivity index (χ4n) is 3.01. The Balaban J connectivity index is 2.31. The minimum absolute atomic E-state index is 0.0742. The maximum atomic E-state index is 12.1. The molecule has 25 heavy (non-hydrogen) atoms. The number of carbonyl (C=O) groups is 1. The summed E-state index contributed by atoms with van der Waals surface area (Å²) in [4.78, 5) is 24.4. The second-order valence-electron chi connectivity index (χ2n) is 5.75. The van der Waals surface area contributed by atoms with Crippen molar-refractivity contribution in [2.75, 3.05) is 7.11 Å². The van der Waals surface area contributed by atoms with Gasteiger partial charge in [0.05, 0.1) is 18.1 Å². The van der Waals surface area contributed by atoms with Gasteiger partial charge >= 0.3 is 6.09 Å². The van der Waals surface area contributed by atoms with Gasteiger partial charge in [0.25, 0.3) is 5.69 Å². The van der Waals surface area contributed by atoms with E-state index in [1.165, 1.54) is 13.2 Å². The van der Waals surface area contributed by atoms with Crippen LogP contribution in [0.1, 0.15) is 19.8 Å². The number of nitro groups is 1. The molecule has 0 aliphatic carbocycles. The Bertz CT molecular complexity index is 697. The van der Waals surface area contributed by atoms with Gasteiger partial charge in [-0.2, -0.15) is 0 Å². The van der Waals surface area contributed by atoms with Gasteiger partial charge in [-0.3, -0.25) is 15.0 Å². The number of hydrogen-bond donors (Lipinski definition) is 0. The molecule has 0 saturated carbocycles. The number of hydrogen-bond acceptors (Lipinski definition) is 5. The third-order valence-electron chi connectivity index (χ3n) is 4.07. The average molecular weight is 478 g/mol. The smallest absolute Gasteiger partial charge is 0.410 e. The molecule has 1 aromatic rings. The summed E-state index contributed by atoms with van der Waals surface area (Å²) in [6.45, 7) is 5.75. The number of carbonyl (C=O) groups excluding carboxylic acids is 1. The topological polar surface area (TPSA) is 81.9 Å². The van der Waals surface area contributed by atoms with Gasteiger partial charge in [-0.1, -0.05) is 28.6 Å². The van der Waals surface area contributed by atoms with Gasteiger partial charge in [0.1, 0.15) is 16.3 Å². The Morgan fingerprint density at radius 2 is 2.20 bits per heavy atom. The van der Waals surface area contributed by atoms with Gasteiger partial charge < -0.3 is 9.47 Å². The number of benzene rings is 1. The van der Waals surface area contributed by atoms with Crippen molar-refractivity contribution in [3.05, 3.63) is 43.8 Å². The van der Waals surface area contributed by atoms with E-state index in [0.29, 0.717) is 18.6 Å². The molecular weight excluding hydrogens is 460 g/mol. The number of ether oxygens (including phenoxy) is 2. The molecule has 1 aromatic carbocycles. The van der Waals surface area contributed by atoms with Gasteiger partial charge in [-0.15, -0.1) is 0 Å². The molecule has 2 rings (SSSR count). The Morgan fingerprint density at radius 3 is 2.76 bits per heavy atom. The summed E-state index contributed by atoms with van der Waals surface area (Å²) in [5, 5.41) is 11.1. The van der Waals surface area contributed by atoms with Crippen molar-refractivity contribution >= 4 is 43.6 Å². The molecular formula is C16H18Br2N2O5. The fraction of sp³-hybridized carbons (Fsp3) is 0.438. The Labute approximate surface area is 162 Å². The highest BCUT2D eigenvalue weighted by Gasteiger charge is 2.44. The van der Waals surface area contributed by atoms with Crippen molar-refractivity contribution in [1.29, 1.82) is 0 Å². The number of likely N-dealkylation sites (tertiary alicyclic amines) is 1. The molecule has 0 bridgehead atoms. The maximum absolute atomic E-state index is 12.1. The fourth-order valence-corrected chi connectivity index (χ4v) is 3.85. The van der Waals surface area contributed by atoms with Crippen molar-refractivity contribution in [3.63, 3.8) is 0 Å². The first-order valence-corrected chi connectivity index (χ1v) is 9.14. The van der Waals surface area contributed by atoms with E-state index in [-0.39, 0.29) is 28.3 Å². The van der Waals surface area contributed by atoms with Crippen LogP contribution < -0.4 is 4.74 Å². The van der Waals surface area contributed by atoms with Crippen LogP contribution in [0.3, 0.4) is 0 Å². The van der Waals surface area contributed by atoms with Gasteiger partial charge in [-0.25, -0.2) is 4.79 Å². The first-order valence-electron chi connectivity index (χ1n) is 7.55. The van der Waals surface area contributed by atoms with E-state index in [2.05, 4.69) is 38.4 Å². The molecule has 0 N–H and O–H groups in total. The van der Waals surface area contributed by atoms with Crippen LogP contribution in [-0.4, -0.2) is 41.2 Å². The lowest BCUT2D eigenvalue weighted by Gasteiger charge is -2.29. The highest BCUT2D eigenvalue weighted by Crippen LogP contribution is 2.38. The number of methoxy groups -OCH3 is 1. The van der Waals surface area contributed by atoms with Crippen molar-refractivity contribution in [1.82, 2.24) is 4.90 Å². The molecule has 136 valence electrons. The molecule has 9 heteroatoms. The highest BCUT2D eigenvalue weighted by atomic mass is 79.9. The van der Waals surface area contributed by atoms with Crippen molar-refractivity contribution < 1.29 is 19.2 Å². The number of rotatable bonds is 5. The van der Waals surface area contributed by atoms with Crippen LogP contribution in [0.2, 0.25) is 0 Å². The summed E-state index contributed by atoms with van der Waals surface area (Å²) in [5.41, 5.74) is -0.0742. The number of halogens is 2. The largest absolute Gasteiger partial charge is 0.487 e. The van der Waals surface area contributed by atoms with E-state index in [0.717, 1.165) is 4.48 Å². The lowest BCUT2D eigenvalue weighted by atomic mass is 10.1. The Hall–Kier alpha value is -1.61. The molecule has 3 atom stereocenters. The molecule has 1 fully saturated rings. The molecule has 1 saturated heterocycles. The van der Waals surface area contributed by atoms with Crippen LogP contribution in [0.25, 0.3) is 0 Å². The van der Waals surface area contributed by atoms with Crippen LogP contribution in [0.4, 0.5) is 10.5 Å². The van der Waals surface area contributed by atoms with E-state index >= 15 is 0 Å². The van der Waals surface area contributed by atoms with Crippen LogP contribution >= 0.6 is 31.9 Å². The average Bonchev–Trinajstić information content (AvgIpc) is 2.83. The van der Waals surface area contributed by atoms with Crippen LogP contribution in [0, 0.1) is 10.1 Å². The van der Waals surface area contributed by atoms with E-state index < -0.39 is 11.0 Å². The van der Waals surface area contributed by atoms with Crippen molar-refractivity contribution in [2.24, 2.45) is 0 Å². The summed E-state index contributed by atoms with van der Waals surface area (Å²) < 4.78 is 11.9. The van der Waals surface area contributed by atoms with Gasteiger partial charge in [-0.05, 0) is 33.4 Å². The SMILES string of the molecule is C=C(Br)C[C@@H]1[C@@H](Oc2cccc([N+](=O)[O-])c2Br)C[C@@H](C)N1C(=O)OC. The van der Waals surface area contributed by atoms with Gasteiger partial charge in [0.15, 0.2) is 0 Å². The first-order chi connectivity index (χ1) is 11.8. The zero-order valence-corrected chi connectivity index (χ0v) is 16.9. The highest BCUT2D eigenvalue weighted by molar-refractivity contribution is 9.11. The normalized spacial score (nSPS) is 22.6. The van der Waals surface area contributed by atoms with E-state index in [1.807, 2.05) is 6.92 Å². The number of nitro benzene ring substituents is 1. The van der Waals surface area contributed by atoms with Gasteiger partial charge in [0, 0.05) is 24.9 Å². The minimum Gasteiger partial charge on any atom is -0.487 e. The summed E-state index contributed by atoms with van der Waals surface area (Å²) in [6.07, 6.45) is 0.281. The molecule has 0 spiro atoms. The van der Waals surface area contributed by atoms with Crippen molar-refractivity contribution in [3.8, 4) is 5.75 Å². The molecule has 1 heterocycles. The van der Waals surface area contributed by atoms with E-state index in [1.54, 1.807) is 17.0 Å². The lowest BCUT2D eigenvalue weighted by Crippen LogP contribution is -2.43. The van der Waals surface area contributed by atoms with E-state index in [9.17, 15) is 14.9 Å². The Morgan fingerprint density at radius 1 is 1.52 bits per heavy atom. The zero-order chi connectivity index (χ0) is 18.7. The monoisotopic (exact) mass is 476 g/mol. The summed E-state index contributed by atoms with van der Waals surface area (Å²) >= 11 is 6.57. The first kappa shape index (κ1) is 19.7. The standard InChI is InChI=1S/C16H18Br2N2O5/c1-9(17)7-12-14(8-10(2)19(12)16(21)24-3)25-13-6-4-5-11(15(13)18)20(22)23/h4-6,10,12,14H,1,7-8H2,2-3H3/t10-,12-,14+/m1/s1. The second kappa shape index (κ2) is 8.18. The molecule has 1 aliphatic heterocycles. The number of amides is 1. The third kappa shape index (κ3) is 4.33. The molecule has 1 amide bonds. The molecule has 0 aromatic heterocycles. The second-order valence-corrected chi connectivity index (χ2v) is 7.67. The minimum atomic E-state index is -0.479. The molecule has 7 nitrogen and oxygen atoms in total. The van der Waals surface area contributed by atoms with Gasteiger partial charge in [0.2, 0.25) is 0 Å². The zero-order valence-electron chi connectivity index (χ0n) is 13.8. The number of nitrogens with zero attached hydrogens (tertiary/aromatic N) is 2. The summed E-state index contributed by atoms with van der Waals surface area (Å²) in [5.74, 6) is 0.364. The summed E-state index contributed by atoms with van der Waals surface area (Å²) in [6, 6.07) is 4.23. The Kier molecular flexibility index (Phi) is 6.45. The predicted molar refractivity (Wildman–Crippen MR) is 100 cm³/mol. The molecule has 1 aliphatic rings. The van der Waals surface area contributed by atoms with Crippen LogP contribution in [0.5, 0.6) is 5.75 Å². The predicted octanol–water partition coefficient (Wildman–Crippen LogP) is 4.63. The third-order valence-corrected chi connectivity index (χ3v) is 5.19. The molecule has 0 radical (unpaired) electrons. The van der Waals surface area contributed by atoms with Crippen molar-refractivity contribution in [2.45, 2.75) is 38.0 Å². The summed E-state index contributed by atoms with van der Waals surface area (Å²) in [7, 11) is 1.33. The quantitative estimate of drug-likeness (QED) is 0.456. The van der Waals surface area contributed by atoms with E-state index in [4.69, 9.17) is 9.47 Å². The van der Waals surface area contributed by atoms with Crippen LogP contribution in [0.15, 0.2) is 33.7 Å². The lowest BCUT2D eigenvalue weighted by molar-refractivity contribution is -0.385.